The average molecular weight is 251 g/mol. The third kappa shape index (κ3) is 2.77. The summed E-state index contributed by atoms with van der Waals surface area (Å²) in [6.07, 6.45) is 0. The molecule has 18 heavy (non-hydrogen) atoms. The number of hydrogen-bond acceptors (Lipinski definition) is 4. The summed E-state index contributed by atoms with van der Waals surface area (Å²) in [6.45, 7) is 6.46. The predicted molar refractivity (Wildman–Crippen MR) is 67.6 cm³/mol. The van der Waals surface area contributed by atoms with E-state index in [1.807, 2.05) is 0 Å². The SMILES string of the molecule is Cc1cc(C)c(C(N)=O)c(NC(C)(C)C(=O)O)n1. The molecule has 0 aliphatic rings. The highest BCUT2D eigenvalue weighted by Crippen LogP contribution is 2.21. The topological polar surface area (TPSA) is 105 Å². The molecule has 6 nitrogen and oxygen atoms in total. The van der Waals surface area contributed by atoms with Crippen LogP contribution in [0.1, 0.15) is 35.5 Å². The number of aryl methyl sites for hydroxylation is 2. The first-order chi connectivity index (χ1) is 8.15. The number of nitrogens with zero attached hydrogens (tertiary/aromatic N) is 1. The summed E-state index contributed by atoms with van der Waals surface area (Å²) < 4.78 is 0. The van der Waals surface area contributed by atoms with E-state index in [2.05, 4.69) is 10.3 Å². The number of hydrogen-bond donors (Lipinski definition) is 3. The molecule has 1 amide bonds. The molecular weight excluding hydrogens is 234 g/mol. The second-order valence-corrected chi connectivity index (χ2v) is 4.72. The fourth-order valence-electron chi connectivity index (χ4n) is 1.59. The minimum Gasteiger partial charge on any atom is -0.480 e. The van der Waals surface area contributed by atoms with E-state index in [-0.39, 0.29) is 11.4 Å². The lowest BCUT2D eigenvalue weighted by atomic mass is 10.0. The number of aromatic nitrogens is 1. The molecule has 0 aliphatic carbocycles. The van der Waals surface area contributed by atoms with Gasteiger partial charge in [0.2, 0.25) is 0 Å². The Bertz CT molecular complexity index is 510. The number of carboxylic acids is 1. The summed E-state index contributed by atoms with van der Waals surface area (Å²) in [5.41, 5.74) is 5.62. The molecular formula is C12H17N3O3. The maximum Gasteiger partial charge on any atom is 0.328 e. The number of carbonyl (C=O) groups is 2. The Morgan fingerprint density at radius 3 is 2.39 bits per heavy atom. The normalized spacial score (nSPS) is 11.1. The van der Waals surface area contributed by atoms with Crippen molar-refractivity contribution in [3.05, 3.63) is 22.9 Å². The van der Waals surface area contributed by atoms with Crippen molar-refractivity contribution in [2.45, 2.75) is 33.2 Å². The Balaban J connectivity index is 3.32. The zero-order valence-electron chi connectivity index (χ0n) is 10.9. The molecule has 0 spiro atoms. The summed E-state index contributed by atoms with van der Waals surface area (Å²) in [4.78, 5) is 26.6. The lowest BCUT2D eigenvalue weighted by Crippen LogP contribution is -2.41. The Kier molecular flexibility index (Phi) is 3.59. The third-order valence-corrected chi connectivity index (χ3v) is 2.56. The number of carboxylic acid groups (broad SMARTS) is 1. The molecule has 0 saturated carbocycles. The molecule has 1 heterocycles. The van der Waals surface area contributed by atoms with Crippen molar-refractivity contribution in [1.82, 2.24) is 4.98 Å². The van der Waals surface area contributed by atoms with E-state index < -0.39 is 17.4 Å². The summed E-state index contributed by atoms with van der Waals surface area (Å²) in [5.74, 6) is -1.48. The standard InChI is InChI=1S/C12H17N3O3/c1-6-5-7(2)14-10(8(6)9(13)16)15-12(3,4)11(17)18/h5H,1-4H3,(H2,13,16)(H,14,15)(H,17,18). The van der Waals surface area contributed by atoms with Gasteiger partial charge in [0, 0.05) is 5.69 Å². The first-order valence-electron chi connectivity index (χ1n) is 5.45. The lowest BCUT2D eigenvalue weighted by molar-refractivity contribution is -0.141. The predicted octanol–water partition coefficient (Wildman–Crippen LogP) is 1.07. The number of aliphatic carboxylic acids is 1. The highest BCUT2D eigenvalue weighted by Gasteiger charge is 2.29. The van der Waals surface area contributed by atoms with Crippen LogP contribution in [-0.4, -0.2) is 27.5 Å². The second kappa shape index (κ2) is 4.64. The van der Waals surface area contributed by atoms with Crippen molar-refractivity contribution in [3.8, 4) is 0 Å². The smallest absolute Gasteiger partial charge is 0.328 e. The number of primary amides is 1. The maximum atomic E-state index is 11.4. The molecule has 0 atom stereocenters. The van der Waals surface area contributed by atoms with E-state index >= 15 is 0 Å². The molecule has 0 aliphatic heterocycles. The van der Waals surface area contributed by atoms with Crippen molar-refractivity contribution in [2.24, 2.45) is 5.73 Å². The van der Waals surface area contributed by atoms with Gasteiger partial charge in [-0.3, -0.25) is 4.79 Å². The molecule has 1 rings (SSSR count). The van der Waals surface area contributed by atoms with Crippen molar-refractivity contribution in [1.29, 1.82) is 0 Å². The summed E-state index contributed by atoms with van der Waals surface area (Å²) >= 11 is 0. The Morgan fingerprint density at radius 1 is 1.39 bits per heavy atom. The van der Waals surface area contributed by atoms with Crippen molar-refractivity contribution in [3.63, 3.8) is 0 Å². The van der Waals surface area contributed by atoms with Crippen LogP contribution in [-0.2, 0) is 4.79 Å². The van der Waals surface area contributed by atoms with Gasteiger partial charge in [0.1, 0.15) is 11.4 Å². The Labute approximate surface area is 105 Å². The molecule has 0 radical (unpaired) electrons. The first-order valence-corrected chi connectivity index (χ1v) is 5.45. The van der Waals surface area contributed by atoms with Crippen molar-refractivity contribution >= 4 is 17.7 Å². The largest absolute Gasteiger partial charge is 0.480 e. The fraction of sp³-hybridized carbons (Fsp3) is 0.417. The van der Waals surface area contributed by atoms with E-state index in [9.17, 15) is 9.59 Å². The molecule has 1 aromatic rings. The van der Waals surface area contributed by atoms with E-state index in [0.29, 0.717) is 11.3 Å². The Morgan fingerprint density at radius 2 is 1.94 bits per heavy atom. The monoisotopic (exact) mass is 251 g/mol. The van der Waals surface area contributed by atoms with Crippen molar-refractivity contribution in [2.75, 3.05) is 5.32 Å². The molecule has 0 aromatic carbocycles. The highest BCUT2D eigenvalue weighted by atomic mass is 16.4. The minimum absolute atomic E-state index is 0.201. The van der Waals surface area contributed by atoms with Crippen LogP contribution >= 0.6 is 0 Å². The molecule has 0 bridgehead atoms. The van der Waals surface area contributed by atoms with Crippen LogP contribution in [0.2, 0.25) is 0 Å². The van der Waals surface area contributed by atoms with Crippen LogP contribution in [0.25, 0.3) is 0 Å². The van der Waals surface area contributed by atoms with Gasteiger partial charge in [-0.15, -0.1) is 0 Å². The number of anilines is 1. The number of pyridine rings is 1. The van der Waals surface area contributed by atoms with Gasteiger partial charge in [0.15, 0.2) is 0 Å². The number of nitrogens with one attached hydrogen (secondary N) is 1. The summed E-state index contributed by atoms with van der Waals surface area (Å²) in [5, 5.41) is 11.8. The number of carbonyl (C=O) groups excluding carboxylic acids is 1. The van der Waals surface area contributed by atoms with Gasteiger partial charge in [0.05, 0.1) is 5.56 Å². The third-order valence-electron chi connectivity index (χ3n) is 2.56. The molecule has 1 aromatic heterocycles. The zero-order valence-corrected chi connectivity index (χ0v) is 10.9. The van der Waals surface area contributed by atoms with Gasteiger partial charge in [0.25, 0.3) is 5.91 Å². The lowest BCUT2D eigenvalue weighted by Gasteiger charge is -2.23. The van der Waals surface area contributed by atoms with E-state index in [0.717, 1.165) is 0 Å². The van der Waals surface area contributed by atoms with Crippen molar-refractivity contribution < 1.29 is 14.7 Å². The van der Waals surface area contributed by atoms with E-state index in [4.69, 9.17) is 10.8 Å². The Hall–Kier alpha value is -2.11. The number of nitrogens with two attached hydrogens (primary N) is 1. The molecule has 0 saturated heterocycles. The second-order valence-electron chi connectivity index (χ2n) is 4.72. The zero-order chi connectivity index (χ0) is 14.1. The summed E-state index contributed by atoms with van der Waals surface area (Å²) in [6, 6.07) is 1.72. The highest BCUT2D eigenvalue weighted by molar-refractivity contribution is 5.99. The van der Waals surface area contributed by atoms with Gasteiger partial charge in [-0.05, 0) is 39.3 Å². The number of rotatable bonds is 4. The molecule has 0 unspecified atom stereocenters. The molecule has 6 heteroatoms. The quantitative estimate of drug-likeness (QED) is 0.742. The van der Waals surface area contributed by atoms with E-state index in [1.54, 1.807) is 19.9 Å². The molecule has 0 fully saturated rings. The van der Waals surface area contributed by atoms with Gasteiger partial charge in [-0.1, -0.05) is 0 Å². The van der Waals surface area contributed by atoms with Gasteiger partial charge < -0.3 is 16.2 Å². The molecule has 98 valence electrons. The van der Waals surface area contributed by atoms with Crippen LogP contribution in [0.4, 0.5) is 5.82 Å². The van der Waals surface area contributed by atoms with Crippen LogP contribution in [0, 0.1) is 13.8 Å². The maximum absolute atomic E-state index is 11.4. The summed E-state index contributed by atoms with van der Waals surface area (Å²) in [7, 11) is 0. The van der Waals surface area contributed by atoms with Gasteiger partial charge in [-0.25, -0.2) is 9.78 Å². The van der Waals surface area contributed by atoms with Gasteiger partial charge >= 0.3 is 5.97 Å². The first kappa shape index (κ1) is 14.0. The van der Waals surface area contributed by atoms with Gasteiger partial charge in [-0.2, -0.15) is 0 Å². The van der Waals surface area contributed by atoms with Crippen LogP contribution in [0.5, 0.6) is 0 Å². The van der Waals surface area contributed by atoms with E-state index in [1.165, 1.54) is 13.8 Å². The number of amides is 1. The van der Waals surface area contributed by atoms with Crippen LogP contribution in [0.15, 0.2) is 6.07 Å². The average Bonchev–Trinajstić information content (AvgIpc) is 2.13. The minimum atomic E-state index is -1.24. The van der Waals surface area contributed by atoms with Crippen LogP contribution in [0.3, 0.4) is 0 Å². The van der Waals surface area contributed by atoms with Crippen LogP contribution < -0.4 is 11.1 Å². The molecule has 4 N–H and O–H groups in total. The fourth-order valence-corrected chi connectivity index (χ4v) is 1.59.